The molecule has 1 aromatic heterocycles. The molecule has 0 aromatic carbocycles. The first-order chi connectivity index (χ1) is 13.0. The van der Waals surface area contributed by atoms with Gasteiger partial charge in [-0.3, -0.25) is 9.78 Å². The molecule has 1 saturated carbocycles. The largest absolute Gasteiger partial charge is 0.433 e. The predicted molar refractivity (Wildman–Crippen MR) is 96.2 cm³/mol. The van der Waals surface area contributed by atoms with E-state index in [1.807, 2.05) is 0 Å². The van der Waals surface area contributed by atoms with Gasteiger partial charge in [0, 0.05) is 19.3 Å². The van der Waals surface area contributed by atoms with Crippen molar-refractivity contribution < 1.29 is 22.8 Å². The highest BCUT2D eigenvalue weighted by Crippen LogP contribution is 2.50. The fraction of sp³-hybridized carbons (Fsp3) is 0.632. The maximum absolute atomic E-state index is 12.8. The summed E-state index contributed by atoms with van der Waals surface area (Å²) in [5, 5.41) is 5.64. The number of pyridine rings is 1. The van der Waals surface area contributed by atoms with Gasteiger partial charge in [-0.15, -0.1) is 0 Å². The minimum absolute atomic E-state index is 0.103. The molecule has 2 atom stereocenters. The normalized spacial score (nSPS) is 23.6. The van der Waals surface area contributed by atoms with Crippen LogP contribution < -0.4 is 10.6 Å². The van der Waals surface area contributed by atoms with E-state index < -0.39 is 30.0 Å². The third-order valence-electron chi connectivity index (χ3n) is 5.58. The molecule has 2 fully saturated rings. The summed E-state index contributed by atoms with van der Waals surface area (Å²) in [6, 6.07) is 0.871. The first-order valence-electron chi connectivity index (χ1n) is 9.36. The van der Waals surface area contributed by atoms with Crippen LogP contribution in [0, 0.1) is 11.3 Å². The quantitative estimate of drug-likeness (QED) is 0.822. The summed E-state index contributed by atoms with van der Waals surface area (Å²) in [7, 11) is 0. The molecule has 2 N–H and O–H groups in total. The maximum atomic E-state index is 12.8. The molecule has 0 bridgehead atoms. The first-order valence-corrected chi connectivity index (χ1v) is 9.36. The topological polar surface area (TPSA) is 74.3 Å². The zero-order chi connectivity index (χ0) is 20.7. The molecule has 3 rings (SSSR count). The minimum atomic E-state index is -4.51. The molecule has 0 radical (unpaired) electrons. The van der Waals surface area contributed by atoms with Crippen LogP contribution in [-0.2, 0) is 11.0 Å². The van der Waals surface area contributed by atoms with Crippen LogP contribution in [-0.4, -0.2) is 41.0 Å². The molecule has 1 saturated heterocycles. The summed E-state index contributed by atoms with van der Waals surface area (Å²) in [6.45, 7) is 6.64. The van der Waals surface area contributed by atoms with E-state index in [1.165, 1.54) is 17.2 Å². The second-order valence-electron chi connectivity index (χ2n) is 8.39. The van der Waals surface area contributed by atoms with E-state index in [0.29, 0.717) is 18.7 Å². The van der Waals surface area contributed by atoms with Crippen molar-refractivity contribution in [2.75, 3.05) is 13.1 Å². The zero-order valence-corrected chi connectivity index (χ0v) is 16.1. The monoisotopic (exact) mass is 398 g/mol. The van der Waals surface area contributed by atoms with Crippen LogP contribution in [0.1, 0.15) is 50.9 Å². The standard InChI is InChI=1S/C19H25F3N4O2/c1-11-16(27)23-6-7-26(11)17(28)25-15(13-8-18(2,3)9-13)12-4-5-14(24-10-12)19(20,21)22/h4-5,10-11,13,15H,6-9H2,1-3H3,(H,23,27)(H,25,28)/t11-,15?/m1/s1. The van der Waals surface area contributed by atoms with Gasteiger partial charge in [0.15, 0.2) is 0 Å². The van der Waals surface area contributed by atoms with Gasteiger partial charge in [0.1, 0.15) is 11.7 Å². The SMILES string of the molecule is C[C@@H]1C(=O)NCCN1C(=O)NC(c1ccc(C(F)(F)F)nc1)C1CC(C)(C)C1. The van der Waals surface area contributed by atoms with Crippen LogP contribution in [0.25, 0.3) is 0 Å². The summed E-state index contributed by atoms with van der Waals surface area (Å²) in [6.07, 6.45) is -1.64. The van der Waals surface area contributed by atoms with E-state index in [0.717, 1.165) is 18.9 Å². The van der Waals surface area contributed by atoms with Gasteiger partial charge in [-0.1, -0.05) is 19.9 Å². The number of nitrogens with zero attached hydrogens (tertiary/aromatic N) is 2. The molecule has 2 heterocycles. The lowest BCUT2D eigenvalue weighted by molar-refractivity contribution is -0.141. The number of carbonyl (C=O) groups excluding carboxylic acids is 2. The zero-order valence-electron chi connectivity index (χ0n) is 16.1. The highest BCUT2D eigenvalue weighted by Gasteiger charge is 2.43. The summed E-state index contributed by atoms with van der Waals surface area (Å²) >= 11 is 0. The molecule has 1 unspecified atom stereocenters. The van der Waals surface area contributed by atoms with E-state index in [4.69, 9.17) is 0 Å². The second-order valence-corrected chi connectivity index (χ2v) is 8.39. The van der Waals surface area contributed by atoms with Crippen molar-refractivity contribution in [3.05, 3.63) is 29.6 Å². The number of hydrogen-bond acceptors (Lipinski definition) is 3. The molecule has 2 aliphatic rings. The number of alkyl halides is 3. The summed E-state index contributed by atoms with van der Waals surface area (Å²) < 4.78 is 38.4. The van der Waals surface area contributed by atoms with Crippen LogP contribution >= 0.6 is 0 Å². The van der Waals surface area contributed by atoms with Gasteiger partial charge < -0.3 is 15.5 Å². The van der Waals surface area contributed by atoms with Crippen molar-refractivity contribution in [3.63, 3.8) is 0 Å². The second kappa shape index (κ2) is 7.25. The van der Waals surface area contributed by atoms with Crippen LogP contribution in [0.5, 0.6) is 0 Å². The first kappa shape index (κ1) is 20.4. The Morgan fingerprint density at radius 1 is 1.36 bits per heavy atom. The molecule has 28 heavy (non-hydrogen) atoms. The molecule has 3 amide bonds. The number of hydrogen-bond donors (Lipinski definition) is 2. The lowest BCUT2D eigenvalue weighted by atomic mass is 9.61. The molecule has 1 aliphatic carbocycles. The van der Waals surface area contributed by atoms with E-state index in [1.54, 1.807) is 6.92 Å². The van der Waals surface area contributed by atoms with Crippen molar-refractivity contribution in [1.29, 1.82) is 0 Å². The molecule has 0 spiro atoms. The number of nitrogens with one attached hydrogen (secondary N) is 2. The smallest absolute Gasteiger partial charge is 0.353 e. The number of urea groups is 1. The Bertz CT molecular complexity index is 741. The number of piperazine rings is 1. The maximum Gasteiger partial charge on any atom is 0.433 e. The summed E-state index contributed by atoms with van der Waals surface area (Å²) in [5.41, 5.74) is -0.293. The minimum Gasteiger partial charge on any atom is -0.353 e. The predicted octanol–water partition coefficient (Wildman–Crippen LogP) is 3.11. The Hall–Kier alpha value is -2.32. The third kappa shape index (κ3) is 4.23. The van der Waals surface area contributed by atoms with Crippen molar-refractivity contribution >= 4 is 11.9 Å². The molecule has 1 aromatic rings. The number of aromatic nitrogens is 1. The number of carbonyl (C=O) groups is 2. The molecular formula is C19H25F3N4O2. The van der Waals surface area contributed by atoms with Crippen LogP contribution in [0.4, 0.5) is 18.0 Å². The van der Waals surface area contributed by atoms with Crippen molar-refractivity contribution in [2.45, 2.75) is 51.9 Å². The lowest BCUT2D eigenvalue weighted by Crippen LogP contribution is -2.59. The van der Waals surface area contributed by atoms with E-state index in [9.17, 15) is 22.8 Å². The van der Waals surface area contributed by atoms with Gasteiger partial charge in [-0.25, -0.2) is 4.79 Å². The lowest BCUT2D eigenvalue weighted by Gasteiger charge is -2.47. The Morgan fingerprint density at radius 3 is 2.57 bits per heavy atom. The van der Waals surface area contributed by atoms with Crippen molar-refractivity contribution in [1.82, 2.24) is 20.5 Å². The van der Waals surface area contributed by atoms with Gasteiger partial charge in [-0.05, 0) is 42.7 Å². The van der Waals surface area contributed by atoms with Gasteiger partial charge in [0.2, 0.25) is 5.91 Å². The third-order valence-corrected chi connectivity index (χ3v) is 5.58. The highest BCUT2D eigenvalue weighted by atomic mass is 19.4. The van der Waals surface area contributed by atoms with Crippen molar-refractivity contribution in [3.8, 4) is 0 Å². The van der Waals surface area contributed by atoms with Crippen LogP contribution in [0.3, 0.4) is 0 Å². The van der Waals surface area contributed by atoms with E-state index in [-0.39, 0.29) is 17.2 Å². The van der Waals surface area contributed by atoms with Gasteiger partial charge in [0.25, 0.3) is 0 Å². The Morgan fingerprint density at radius 2 is 2.04 bits per heavy atom. The molecule has 154 valence electrons. The van der Waals surface area contributed by atoms with Gasteiger partial charge in [0.05, 0.1) is 6.04 Å². The summed E-state index contributed by atoms with van der Waals surface area (Å²) in [4.78, 5) is 29.6. The number of amides is 3. The highest BCUT2D eigenvalue weighted by molar-refractivity contribution is 5.88. The fourth-order valence-electron chi connectivity index (χ4n) is 4.10. The van der Waals surface area contributed by atoms with Gasteiger partial charge >= 0.3 is 12.2 Å². The number of halogens is 3. The Kier molecular flexibility index (Phi) is 5.29. The van der Waals surface area contributed by atoms with E-state index in [2.05, 4.69) is 29.5 Å². The molecule has 1 aliphatic heterocycles. The fourth-order valence-corrected chi connectivity index (χ4v) is 4.10. The molecular weight excluding hydrogens is 373 g/mol. The van der Waals surface area contributed by atoms with Crippen LogP contribution in [0.15, 0.2) is 18.3 Å². The Balaban J connectivity index is 1.80. The number of rotatable bonds is 3. The average Bonchev–Trinajstić information content (AvgIpc) is 2.59. The molecule has 9 heteroatoms. The van der Waals surface area contributed by atoms with E-state index >= 15 is 0 Å². The van der Waals surface area contributed by atoms with Crippen LogP contribution in [0.2, 0.25) is 0 Å². The average molecular weight is 398 g/mol. The summed E-state index contributed by atoms with van der Waals surface area (Å²) in [5.74, 6) is -0.120. The Labute approximate surface area is 161 Å². The van der Waals surface area contributed by atoms with Gasteiger partial charge in [-0.2, -0.15) is 13.2 Å². The molecule has 6 nitrogen and oxygen atoms in total. The van der Waals surface area contributed by atoms with Crippen molar-refractivity contribution in [2.24, 2.45) is 11.3 Å².